The number of halogens is 1. The van der Waals surface area contributed by atoms with Gasteiger partial charge in [-0.3, -0.25) is 0 Å². The van der Waals surface area contributed by atoms with Crippen LogP contribution in [0, 0.1) is 0 Å². The molecule has 0 aliphatic carbocycles. The number of ether oxygens (including phenoxy) is 3. The second kappa shape index (κ2) is 7.90. The van der Waals surface area contributed by atoms with Crippen LogP contribution in [0.2, 0.25) is 0 Å². The lowest BCUT2D eigenvalue weighted by Gasteiger charge is -2.20. The summed E-state index contributed by atoms with van der Waals surface area (Å²) in [4.78, 5) is 24.1. The first-order valence-electron chi connectivity index (χ1n) is 7.89. The highest BCUT2D eigenvalue weighted by Gasteiger charge is 2.41. The molecule has 2 aromatic carbocycles. The Morgan fingerprint density at radius 1 is 0.960 bits per heavy atom. The highest BCUT2D eigenvalue weighted by Crippen LogP contribution is 2.22. The first-order valence-corrected chi connectivity index (χ1v) is 7.89. The third-order valence-corrected chi connectivity index (χ3v) is 3.83. The normalized spacial score (nSPS) is 22.4. The number of benzene rings is 2. The zero-order valence-electron chi connectivity index (χ0n) is 13.3. The van der Waals surface area contributed by atoms with Gasteiger partial charge in [0, 0.05) is 0 Å². The van der Waals surface area contributed by atoms with Crippen molar-refractivity contribution in [1.82, 2.24) is 0 Å². The molecule has 0 spiro atoms. The number of rotatable bonds is 5. The average Bonchev–Trinajstić information content (AvgIpc) is 3.01. The van der Waals surface area contributed by atoms with E-state index in [4.69, 9.17) is 14.2 Å². The molecule has 3 rings (SSSR count). The molecule has 1 fully saturated rings. The van der Waals surface area contributed by atoms with Crippen molar-refractivity contribution in [2.45, 2.75) is 18.4 Å². The van der Waals surface area contributed by atoms with E-state index in [-0.39, 0.29) is 13.2 Å². The van der Waals surface area contributed by atoms with E-state index >= 15 is 0 Å². The molecule has 25 heavy (non-hydrogen) atoms. The molecule has 0 bridgehead atoms. The SMILES string of the molecule is O=C(OC[C@H]1OC[C@@H](F)[C@@H]1OC(=O)c1ccccc1)c1ccccc1. The Bertz CT molecular complexity index is 719. The predicted molar refractivity (Wildman–Crippen MR) is 87.0 cm³/mol. The fraction of sp³-hybridized carbons (Fsp3) is 0.263. The lowest BCUT2D eigenvalue weighted by molar-refractivity contribution is -0.0326. The van der Waals surface area contributed by atoms with Gasteiger partial charge in [-0.15, -0.1) is 0 Å². The summed E-state index contributed by atoms with van der Waals surface area (Å²) < 4.78 is 29.7. The molecule has 1 heterocycles. The van der Waals surface area contributed by atoms with Crippen LogP contribution in [0.3, 0.4) is 0 Å². The lowest BCUT2D eigenvalue weighted by atomic mass is 10.1. The van der Waals surface area contributed by atoms with Crippen LogP contribution in [0.4, 0.5) is 4.39 Å². The van der Waals surface area contributed by atoms with E-state index in [1.807, 2.05) is 0 Å². The summed E-state index contributed by atoms with van der Waals surface area (Å²) in [6, 6.07) is 16.7. The maximum absolute atomic E-state index is 14.0. The second-order valence-electron chi connectivity index (χ2n) is 5.59. The number of hydrogen-bond acceptors (Lipinski definition) is 5. The van der Waals surface area contributed by atoms with Crippen LogP contribution in [0.25, 0.3) is 0 Å². The van der Waals surface area contributed by atoms with Gasteiger partial charge in [-0.25, -0.2) is 14.0 Å². The van der Waals surface area contributed by atoms with Crippen molar-refractivity contribution < 1.29 is 28.2 Å². The summed E-state index contributed by atoms with van der Waals surface area (Å²) in [6.07, 6.45) is -3.42. The Morgan fingerprint density at radius 3 is 2.12 bits per heavy atom. The minimum Gasteiger partial charge on any atom is -0.459 e. The molecule has 1 saturated heterocycles. The van der Waals surface area contributed by atoms with E-state index < -0.39 is 30.3 Å². The molecule has 0 radical (unpaired) electrons. The van der Waals surface area contributed by atoms with E-state index in [9.17, 15) is 14.0 Å². The molecular weight excluding hydrogens is 327 g/mol. The van der Waals surface area contributed by atoms with E-state index in [2.05, 4.69) is 0 Å². The van der Waals surface area contributed by atoms with Gasteiger partial charge in [0.25, 0.3) is 0 Å². The topological polar surface area (TPSA) is 61.8 Å². The maximum atomic E-state index is 14.0. The van der Waals surface area contributed by atoms with Gasteiger partial charge in [0.15, 0.2) is 12.3 Å². The van der Waals surface area contributed by atoms with Crippen LogP contribution < -0.4 is 0 Å². The van der Waals surface area contributed by atoms with Gasteiger partial charge in [0.1, 0.15) is 12.7 Å². The Kier molecular flexibility index (Phi) is 5.40. The first-order chi connectivity index (χ1) is 12.1. The molecular formula is C19H17FO5. The van der Waals surface area contributed by atoms with Gasteiger partial charge < -0.3 is 14.2 Å². The molecule has 6 heteroatoms. The molecule has 130 valence electrons. The largest absolute Gasteiger partial charge is 0.459 e. The van der Waals surface area contributed by atoms with Gasteiger partial charge in [-0.05, 0) is 24.3 Å². The molecule has 0 saturated carbocycles. The van der Waals surface area contributed by atoms with Crippen molar-refractivity contribution in [3.63, 3.8) is 0 Å². The maximum Gasteiger partial charge on any atom is 0.338 e. The van der Waals surface area contributed by atoms with Crippen LogP contribution in [-0.4, -0.2) is 43.5 Å². The molecule has 1 aliphatic rings. The molecule has 0 N–H and O–H groups in total. The van der Waals surface area contributed by atoms with Crippen molar-refractivity contribution in [1.29, 1.82) is 0 Å². The monoisotopic (exact) mass is 344 g/mol. The number of hydrogen-bond donors (Lipinski definition) is 0. The van der Waals surface area contributed by atoms with Gasteiger partial charge in [-0.2, -0.15) is 0 Å². The summed E-state index contributed by atoms with van der Waals surface area (Å²) in [6.45, 7) is -0.402. The molecule has 1 aliphatic heterocycles. The van der Waals surface area contributed by atoms with Crippen LogP contribution in [0.1, 0.15) is 20.7 Å². The minimum atomic E-state index is -1.46. The van der Waals surface area contributed by atoms with Crippen molar-refractivity contribution in [3.05, 3.63) is 71.8 Å². The smallest absolute Gasteiger partial charge is 0.338 e. The molecule has 5 nitrogen and oxygen atoms in total. The fourth-order valence-corrected chi connectivity index (χ4v) is 2.51. The van der Waals surface area contributed by atoms with Crippen LogP contribution >= 0.6 is 0 Å². The Balaban J connectivity index is 1.59. The molecule has 3 atom stereocenters. The van der Waals surface area contributed by atoms with E-state index in [1.165, 1.54) is 0 Å². The average molecular weight is 344 g/mol. The summed E-state index contributed by atoms with van der Waals surface area (Å²) in [5.41, 5.74) is 0.705. The molecule has 0 amide bonds. The van der Waals surface area contributed by atoms with Crippen LogP contribution in [0.5, 0.6) is 0 Å². The van der Waals surface area contributed by atoms with Gasteiger partial charge in [-0.1, -0.05) is 36.4 Å². The quantitative estimate of drug-likeness (QED) is 0.781. The molecule has 2 aromatic rings. The molecule has 0 unspecified atom stereocenters. The van der Waals surface area contributed by atoms with Crippen molar-refractivity contribution in [3.8, 4) is 0 Å². The summed E-state index contributed by atoms with van der Waals surface area (Å²) >= 11 is 0. The van der Waals surface area contributed by atoms with E-state index in [0.717, 1.165) is 0 Å². The Labute approximate surface area is 144 Å². The third kappa shape index (κ3) is 4.22. The Hall–Kier alpha value is -2.73. The summed E-state index contributed by atoms with van der Waals surface area (Å²) in [7, 11) is 0. The van der Waals surface area contributed by atoms with Gasteiger partial charge in [0.05, 0.1) is 17.7 Å². The van der Waals surface area contributed by atoms with Crippen molar-refractivity contribution >= 4 is 11.9 Å². The number of esters is 2. The highest BCUT2D eigenvalue weighted by atomic mass is 19.1. The third-order valence-electron chi connectivity index (χ3n) is 3.83. The zero-order chi connectivity index (χ0) is 17.6. The Morgan fingerprint density at radius 2 is 1.52 bits per heavy atom. The zero-order valence-corrected chi connectivity index (χ0v) is 13.3. The lowest BCUT2D eigenvalue weighted by Crippen LogP contribution is -2.36. The summed E-state index contributed by atoms with van der Waals surface area (Å²) in [5.74, 6) is -1.18. The van der Waals surface area contributed by atoms with Crippen LogP contribution in [-0.2, 0) is 14.2 Å². The summed E-state index contributed by atoms with van der Waals surface area (Å²) in [5, 5.41) is 0. The minimum absolute atomic E-state index is 0.194. The highest BCUT2D eigenvalue weighted by molar-refractivity contribution is 5.90. The van der Waals surface area contributed by atoms with Crippen molar-refractivity contribution in [2.75, 3.05) is 13.2 Å². The molecule has 0 aromatic heterocycles. The van der Waals surface area contributed by atoms with Crippen LogP contribution in [0.15, 0.2) is 60.7 Å². The van der Waals surface area contributed by atoms with E-state index in [0.29, 0.717) is 11.1 Å². The number of carbonyl (C=O) groups is 2. The van der Waals surface area contributed by atoms with E-state index in [1.54, 1.807) is 60.7 Å². The van der Waals surface area contributed by atoms with Crippen molar-refractivity contribution in [2.24, 2.45) is 0 Å². The number of alkyl halides is 1. The fourth-order valence-electron chi connectivity index (χ4n) is 2.51. The number of carbonyl (C=O) groups excluding carboxylic acids is 2. The van der Waals surface area contributed by atoms with Gasteiger partial charge in [0.2, 0.25) is 0 Å². The first kappa shape index (κ1) is 17.1. The second-order valence-corrected chi connectivity index (χ2v) is 5.59. The standard InChI is InChI=1S/C19H17FO5/c20-15-11-23-16(12-24-18(21)13-7-3-1-4-8-13)17(15)25-19(22)14-9-5-2-6-10-14/h1-10,15-17H,11-12H2/t15-,16-,17+/m1/s1. The van der Waals surface area contributed by atoms with Gasteiger partial charge >= 0.3 is 11.9 Å². The predicted octanol–water partition coefficient (Wildman–Crippen LogP) is 2.81.